The van der Waals surface area contributed by atoms with Crippen LogP contribution in [0.2, 0.25) is 5.02 Å². The zero-order chi connectivity index (χ0) is 23.1. The molecule has 2 aromatic carbocycles. The van der Waals surface area contributed by atoms with E-state index in [9.17, 15) is 23.5 Å². The Hall–Kier alpha value is -2.91. The van der Waals surface area contributed by atoms with Gasteiger partial charge < -0.3 is 25.2 Å². The minimum atomic E-state index is -0.886. The minimum absolute atomic E-state index is 0.0358. The second kappa shape index (κ2) is 11.1. The molecule has 0 unspecified atom stereocenters. The van der Waals surface area contributed by atoms with Crippen LogP contribution in [0.15, 0.2) is 36.4 Å². The number of halogens is 3. The summed E-state index contributed by atoms with van der Waals surface area (Å²) in [6.07, 6.45) is -0.393. The SMILES string of the molecule is O=C(COc1ccc(Cl)c(F)c1)NC[C@@H](O)CCNC(=O)[C@@H]1CCc2cc(F)ccc2O1. The van der Waals surface area contributed by atoms with E-state index in [1.807, 2.05) is 0 Å². The topological polar surface area (TPSA) is 96.9 Å². The van der Waals surface area contributed by atoms with Crippen molar-refractivity contribution in [2.45, 2.75) is 31.5 Å². The van der Waals surface area contributed by atoms with Gasteiger partial charge >= 0.3 is 0 Å². The Kier molecular flexibility index (Phi) is 8.24. The maximum atomic E-state index is 13.3. The molecule has 1 aliphatic heterocycles. The molecule has 2 amide bonds. The first-order valence-corrected chi connectivity index (χ1v) is 10.4. The number of nitrogens with one attached hydrogen (secondary N) is 2. The number of amides is 2. The van der Waals surface area contributed by atoms with Crippen molar-refractivity contribution < 1.29 is 33.0 Å². The lowest BCUT2D eigenvalue weighted by molar-refractivity contribution is -0.129. The first-order chi connectivity index (χ1) is 15.3. The summed E-state index contributed by atoms with van der Waals surface area (Å²) in [5, 5.41) is 15.1. The number of rotatable bonds is 9. The van der Waals surface area contributed by atoms with Crippen molar-refractivity contribution in [3.05, 3.63) is 58.6 Å². The summed E-state index contributed by atoms with van der Waals surface area (Å²) in [5.74, 6) is -1.17. The van der Waals surface area contributed by atoms with Gasteiger partial charge in [0.15, 0.2) is 12.7 Å². The normalized spacial score (nSPS) is 15.8. The Morgan fingerprint density at radius 3 is 2.81 bits per heavy atom. The summed E-state index contributed by atoms with van der Waals surface area (Å²) in [4.78, 5) is 24.1. The van der Waals surface area contributed by atoms with Gasteiger partial charge in [0, 0.05) is 19.2 Å². The quantitative estimate of drug-likeness (QED) is 0.525. The molecule has 10 heteroatoms. The smallest absolute Gasteiger partial charge is 0.261 e. The molecule has 172 valence electrons. The molecule has 1 heterocycles. The highest BCUT2D eigenvalue weighted by Gasteiger charge is 2.26. The molecule has 2 atom stereocenters. The number of carbonyl (C=O) groups excluding carboxylic acids is 2. The van der Waals surface area contributed by atoms with Crippen LogP contribution in [0.5, 0.6) is 11.5 Å². The maximum Gasteiger partial charge on any atom is 0.261 e. The van der Waals surface area contributed by atoms with Crippen LogP contribution in [-0.4, -0.2) is 48.8 Å². The minimum Gasteiger partial charge on any atom is -0.484 e. The van der Waals surface area contributed by atoms with Crippen molar-refractivity contribution in [2.75, 3.05) is 19.7 Å². The molecule has 0 spiro atoms. The molecule has 1 aliphatic rings. The van der Waals surface area contributed by atoms with Crippen LogP contribution in [0, 0.1) is 11.6 Å². The molecule has 0 bridgehead atoms. The zero-order valence-electron chi connectivity index (χ0n) is 17.1. The third-order valence-corrected chi connectivity index (χ3v) is 5.14. The van der Waals surface area contributed by atoms with Gasteiger partial charge in [0.1, 0.15) is 23.1 Å². The number of hydrogen-bond donors (Lipinski definition) is 3. The van der Waals surface area contributed by atoms with Gasteiger partial charge in [-0.15, -0.1) is 0 Å². The fraction of sp³-hybridized carbons (Fsp3) is 0.364. The van der Waals surface area contributed by atoms with Crippen LogP contribution in [0.1, 0.15) is 18.4 Å². The number of aliphatic hydroxyl groups is 1. The standard InChI is InChI=1S/C22H23ClF2N2O5/c23-17-4-3-16(10-18(17)25)31-12-21(29)27-11-15(28)7-8-26-22(30)20-5-1-13-9-14(24)2-6-19(13)32-20/h2-4,6,9-10,15,20,28H,1,5,7-8,11-12H2,(H,26,30)(H,27,29)/t15-,20-/m0/s1. The number of carbonyl (C=O) groups is 2. The van der Waals surface area contributed by atoms with Gasteiger partial charge in [-0.2, -0.15) is 0 Å². The second-order valence-electron chi connectivity index (χ2n) is 7.30. The molecule has 3 N–H and O–H groups in total. The van der Waals surface area contributed by atoms with Crippen molar-refractivity contribution in [3.8, 4) is 11.5 Å². The largest absolute Gasteiger partial charge is 0.484 e. The molecule has 0 saturated heterocycles. The number of ether oxygens (including phenoxy) is 2. The van der Waals surface area contributed by atoms with Gasteiger partial charge in [-0.25, -0.2) is 8.78 Å². The maximum absolute atomic E-state index is 13.3. The monoisotopic (exact) mass is 468 g/mol. The summed E-state index contributed by atoms with van der Waals surface area (Å²) in [5.41, 5.74) is 0.727. The molecule has 7 nitrogen and oxygen atoms in total. The third kappa shape index (κ3) is 6.80. The predicted octanol–water partition coefficient (Wildman–Crippen LogP) is 2.37. The fourth-order valence-electron chi connectivity index (χ4n) is 3.12. The first kappa shape index (κ1) is 23.7. The zero-order valence-corrected chi connectivity index (χ0v) is 17.8. The van der Waals surface area contributed by atoms with E-state index in [2.05, 4.69) is 10.6 Å². The Morgan fingerprint density at radius 2 is 2.03 bits per heavy atom. The molecule has 0 saturated carbocycles. The highest BCUT2D eigenvalue weighted by atomic mass is 35.5. The predicted molar refractivity (Wildman–Crippen MR) is 113 cm³/mol. The molecule has 0 fully saturated rings. The Bertz CT molecular complexity index is 975. The van der Waals surface area contributed by atoms with Crippen LogP contribution in [-0.2, 0) is 16.0 Å². The summed E-state index contributed by atoms with van der Waals surface area (Å²) in [6, 6.07) is 8.00. The second-order valence-corrected chi connectivity index (χ2v) is 7.71. The molecule has 3 rings (SSSR count). The highest BCUT2D eigenvalue weighted by Crippen LogP contribution is 2.28. The van der Waals surface area contributed by atoms with Crippen molar-refractivity contribution in [2.24, 2.45) is 0 Å². The average Bonchev–Trinajstić information content (AvgIpc) is 2.78. The van der Waals surface area contributed by atoms with E-state index in [-0.39, 0.29) is 48.6 Å². The van der Waals surface area contributed by atoms with Crippen molar-refractivity contribution in [3.63, 3.8) is 0 Å². The summed E-state index contributed by atoms with van der Waals surface area (Å²) >= 11 is 5.58. The Balaban J connectivity index is 1.31. The fourth-order valence-corrected chi connectivity index (χ4v) is 3.24. The van der Waals surface area contributed by atoms with E-state index in [0.717, 1.165) is 11.6 Å². The number of aryl methyl sites for hydroxylation is 1. The van der Waals surface area contributed by atoms with E-state index >= 15 is 0 Å². The van der Waals surface area contributed by atoms with E-state index < -0.39 is 23.9 Å². The van der Waals surface area contributed by atoms with E-state index in [1.54, 1.807) is 0 Å². The van der Waals surface area contributed by atoms with E-state index in [1.165, 1.54) is 30.3 Å². The van der Waals surface area contributed by atoms with Gasteiger partial charge in [0.05, 0.1) is 11.1 Å². The van der Waals surface area contributed by atoms with Crippen LogP contribution >= 0.6 is 11.6 Å². The molecule has 2 aromatic rings. The van der Waals surface area contributed by atoms with Gasteiger partial charge in [0.25, 0.3) is 11.8 Å². The van der Waals surface area contributed by atoms with Gasteiger partial charge in [-0.1, -0.05) is 11.6 Å². The van der Waals surface area contributed by atoms with Crippen molar-refractivity contribution in [1.29, 1.82) is 0 Å². The third-order valence-electron chi connectivity index (χ3n) is 4.83. The van der Waals surface area contributed by atoms with Gasteiger partial charge in [-0.3, -0.25) is 9.59 Å². The lowest BCUT2D eigenvalue weighted by Gasteiger charge is -2.25. The Morgan fingerprint density at radius 1 is 1.22 bits per heavy atom. The number of benzene rings is 2. The summed E-state index contributed by atoms with van der Waals surface area (Å²) in [7, 11) is 0. The van der Waals surface area contributed by atoms with Gasteiger partial charge in [0.2, 0.25) is 0 Å². The van der Waals surface area contributed by atoms with Gasteiger partial charge in [-0.05, 0) is 55.2 Å². The van der Waals surface area contributed by atoms with Crippen molar-refractivity contribution in [1.82, 2.24) is 10.6 Å². The summed E-state index contributed by atoms with van der Waals surface area (Å²) in [6.45, 7) is -0.201. The lowest BCUT2D eigenvalue weighted by atomic mass is 10.0. The van der Waals surface area contributed by atoms with Crippen LogP contribution in [0.4, 0.5) is 8.78 Å². The van der Waals surface area contributed by atoms with Crippen LogP contribution < -0.4 is 20.1 Å². The number of hydrogen-bond acceptors (Lipinski definition) is 5. The Labute approximate surface area is 188 Å². The number of fused-ring (bicyclic) bond motifs is 1. The van der Waals surface area contributed by atoms with E-state index in [4.69, 9.17) is 21.1 Å². The average molecular weight is 469 g/mol. The molecular formula is C22H23ClF2N2O5. The molecule has 0 aliphatic carbocycles. The van der Waals surface area contributed by atoms with E-state index in [0.29, 0.717) is 18.6 Å². The molecule has 0 radical (unpaired) electrons. The van der Waals surface area contributed by atoms with Crippen molar-refractivity contribution >= 4 is 23.4 Å². The molecule has 32 heavy (non-hydrogen) atoms. The molecule has 0 aromatic heterocycles. The summed E-state index contributed by atoms with van der Waals surface area (Å²) < 4.78 is 37.4. The van der Waals surface area contributed by atoms with Crippen LogP contribution in [0.3, 0.4) is 0 Å². The number of aliphatic hydroxyl groups excluding tert-OH is 1. The highest BCUT2D eigenvalue weighted by molar-refractivity contribution is 6.30. The van der Waals surface area contributed by atoms with Crippen LogP contribution in [0.25, 0.3) is 0 Å². The first-order valence-electron chi connectivity index (χ1n) is 10.1. The molecular weight excluding hydrogens is 446 g/mol. The lowest BCUT2D eigenvalue weighted by Crippen LogP contribution is -2.42.